The van der Waals surface area contributed by atoms with Crippen molar-refractivity contribution in [1.82, 2.24) is 5.32 Å². The first-order valence-electron chi connectivity index (χ1n) is 4.91. The molecule has 0 bridgehead atoms. The molecule has 1 fully saturated rings. The molecule has 0 radical (unpaired) electrons. The molecule has 2 heteroatoms. The molecule has 0 aromatic heterocycles. The minimum absolute atomic E-state index is 0.299. The standard InChI is InChI=1S/C12H15NO/c1-2-11-12(8-13-11)14-9-10-6-4-3-5-7-10/h2-7,11-13H,1,8-9H2/t11-,12+/m0/s1. The van der Waals surface area contributed by atoms with Gasteiger partial charge >= 0.3 is 0 Å². The molecule has 1 aliphatic rings. The molecule has 0 saturated carbocycles. The second kappa shape index (κ2) is 4.40. The maximum absolute atomic E-state index is 5.73. The van der Waals surface area contributed by atoms with E-state index in [0.29, 0.717) is 18.8 Å². The summed E-state index contributed by atoms with van der Waals surface area (Å²) in [6.07, 6.45) is 2.20. The van der Waals surface area contributed by atoms with Crippen LogP contribution in [-0.4, -0.2) is 18.7 Å². The fourth-order valence-corrected chi connectivity index (χ4v) is 1.53. The number of hydrogen-bond donors (Lipinski definition) is 1. The first-order valence-corrected chi connectivity index (χ1v) is 4.91. The Labute approximate surface area is 84.6 Å². The molecule has 0 unspecified atom stereocenters. The summed E-state index contributed by atoms with van der Waals surface area (Å²) in [6, 6.07) is 10.6. The van der Waals surface area contributed by atoms with Gasteiger partial charge in [-0.3, -0.25) is 0 Å². The first-order chi connectivity index (χ1) is 6.90. The van der Waals surface area contributed by atoms with Crippen LogP contribution in [-0.2, 0) is 11.3 Å². The highest BCUT2D eigenvalue weighted by Crippen LogP contribution is 2.12. The normalized spacial score (nSPS) is 25.4. The fraction of sp³-hybridized carbons (Fsp3) is 0.333. The van der Waals surface area contributed by atoms with Gasteiger partial charge in [-0.15, -0.1) is 6.58 Å². The lowest BCUT2D eigenvalue weighted by Crippen LogP contribution is -2.57. The lowest BCUT2D eigenvalue weighted by atomic mass is 10.0. The third-order valence-corrected chi connectivity index (χ3v) is 2.52. The predicted molar refractivity (Wildman–Crippen MR) is 57.0 cm³/mol. The maximum atomic E-state index is 5.73. The predicted octanol–water partition coefficient (Wildman–Crippen LogP) is 1.73. The molecule has 1 aliphatic heterocycles. The SMILES string of the molecule is C=C[C@@H]1NC[C@H]1OCc1ccccc1. The van der Waals surface area contributed by atoms with E-state index >= 15 is 0 Å². The zero-order valence-electron chi connectivity index (χ0n) is 8.15. The molecule has 1 N–H and O–H groups in total. The molecule has 1 aromatic carbocycles. The molecule has 1 saturated heterocycles. The molecular formula is C12H15NO. The fourth-order valence-electron chi connectivity index (χ4n) is 1.53. The minimum atomic E-state index is 0.299. The van der Waals surface area contributed by atoms with Gasteiger partial charge in [-0.05, 0) is 5.56 Å². The Bertz CT molecular complexity index is 296. The number of ether oxygens (including phenoxy) is 1. The largest absolute Gasteiger partial charge is 0.370 e. The summed E-state index contributed by atoms with van der Waals surface area (Å²) in [5.74, 6) is 0. The number of nitrogens with one attached hydrogen (secondary N) is 1. The Hall–Kier alpha value is -1.12. The van der Waals surface area contributed by atoms with Crippen LogP contribution in [0.5, 0.6) is 0 Å². The van der Waals surface area contributed by atoms with E-state index in [2.05, 4.69) is 24.0 Å². The first kappa shape index (κ1) is 9.44. The van der Waals surface area contributed by atoms with Crippen LogP contribution in [0.2, 0.25) is 0 Å². The van der Waals surface area contributed by atoms with E-state index in [1.165, 1.54) is 5.56 Å². The van der Waals surface area contributed by atoms with Crippen molar-refractivity contribution in [1.29, 1.82) is 0 Å². The highest BCUT2D eigenvalue weighted by atomic mass is 16.5. The highest BCUT2D eigenvalue weighted by Gasteiger charge is 2.27. The van der Waals surface area contributed by atoms with Gasteiger partial charge in [-0.2, -0.15) is 0 Å². The lowest BCUT2D eigenvalue weighted by Gasteiger charge is -2.35. The molecule has 2 atom stereocenters. The summed E-state index contributed by atoms with van der Waals surface area (Å²) in [4.78, 5) is 0. The van der Waals surface area contributed by atoms with E-state index in [0.717, 1.165) is 6.54 Å². The van der Waals surface area contributed by atoms with Crippen LogP contribution in [0.15, 0.2) is 43.0 Å². The molecule has 74 valence electrons. The van der Waals surface area contributed by atoms with Crippen LogP contribution >= 0.6 is 0 Å². The summed E-state index contributed by atoms with van der Waals surface area (Å²) in [5.41, 5.74) is 1.22. The Morgan fingerprint density at radius 2 is 2.21 bits per heavy atom. The molecule has 0 amide bonds. The maximum Gasteiger partial charge on any atom is 0.0892 e. The molecular weight excluding hydrogens is 174 g/mol. The molecule has 1 heterocycles. The van der Waals surface area contributed by atoms with E-state index in [-0.39, 0.29) is 0 Å². The van der Waals surface area contributed by atoms with Crippen LogP contribution in [0.1, 0.15) is 5.56 Å². The van der Waals surface area contributed by atoms with Gasteiger partial charge < -0.3 is 10.1 Å². The van der Waals surface area contributed by atoms with Crippen LogP contribution < -0.4 is 5.32 Å². The minimum Gasteiger partial charge on any atom is -0.370 e. The van der Waals surface area contributed by atoms with Crippen LogP contribution in [0.25, 0.3) is 0 Å². The second-order valence-corrected chi connectivity index (χ2v) is 3.50. The lowest BCUT2D eigenvalue weighted by molar-refractivity contribution is -0.0140. The molecule has 2 nitrogen and oxygen atoms in total. The third-order valence-electron chi connectivity index (χ3n) is 2.52. The van der Waals surface area contributed by atoms with Crippen molar-refractivity contribution < 1.29 is 4.74 Å². The second-order valence-electron chi connectivity index (χ2n) is 3.50. The van der Waals surface area contributed by atoms with Gasteiger partial charge in [0.25, 0.3) is 0 Å². The zero-order valence-corrected chi connectivity index (χ0v) is 8.15. The van der Waals surface area contributed by atoms with Crippen LogP contribution in [0, 0.1) is 0 Å². The van der Waals surface area contributed by atoms with Gasteiger partial charge in [-0.1, -0.05) is 36.4 Å². The van der Waals surface area contributed by atoms with Crippen LogP contribution in [0.4, 0.5) is 0 Å². The summed E-state index contributed by atoms with van der Waals surface area (Å²) in [7, 11) is 0. The van der Waals surface area contributed by atoms with Crippen molar-refractivity contribution in [2.75, 3.05) is 6.54 Å². The molecule has 2 rings (SSSR count). The van der Waals surface area contributed by atoms with Crippen LogP contribution in [0.3, 0.4) is 0 Å². The van der Waals surface area contributed by atoms with Crippen molar-refractivity contribution in [3.8, 4) is 0 Å². The van der Waals surface area contributed by atoms with Crippen molar-refractivity contribution >= 4 is 0 Å². The summed E-state index contributed by atoms with van der Waals surface area (Å²) < 4.78 is 5.73. The van der Waals surface area contributed by atoms with Gasteiger partial charge in [0.05, 0.1) is 18.8 Å². The van der Waals surface area contributed by atoms with Gasteiger partial charge in [0.1, 0.15) is 0 Å². The summed E-state index contributed by atoms with van der Waals surface area (Å²) in [5, 5.41) is 3.24. The zero-order chi connectivity index (χ0) is 9.80. The van der Waals surface area contributed by atoms with Gasteiger partial charge in [0, 0.05) is 6.54 Å². The Morgan fingerprint density at radius 1 is 1.43 bits per heavy atom. The quantitative estimate of drug-likeness (QED) is 0.728. The van der Waals surface area contributed by atoms with E-state index in [1.54, 1.807) is 0 Å². The van der Waals surface area contributed by atoms with Gasteiger partial charge in [0.15, 0.2) is 0 Å². The summed E-state index contributed by atoms with van der Waals surface area (Å²) >= 11 is 0. The van der Waals surface area contributed by atoms with E-state index in [1.807, 2.05) is 24.3 Å². The molecule has 0 aliphatic carbocycles. The van der Waals surface area contributed by atoms with Crippen molar-refractivity contribution in [3.05, 3.63) is 48.6 Å². The molecule has 1 aromatic rings. The molecule has 0 spiro atoms. The van der Waals surface area contributed by atoms with Crippen molar-refractivity contribution in [2.24, 2.45) is 0 Å². The van der Waals surface area contributed by atoms with Gasteiger partial charge in [-0.25, -0.2) is 0 Å². The Kier molecular flexibility index (Phi) is 2.96. The van der Waals surface area contributed by atoms with Gasteiger partial charge in [0.2, 0.25) is 0 Å². The van der Waals surface area contributed by atoms with E-state index in [4.69, 9.17) is 4.74 Å². The molecule has 14 heavy (non-hydrogen) atoms. The van der Waals surface area contributed by atoms with E-state index < -0.39 is 0 Å². The average molecular weight is 189 g/mol. The monoisotopic (exact) mass is 189 g/mol. The smallest absolute Gasteiger partial charge is 0.0892 e. The highest BCUT2D eigenvalue weighted by molar-refractivity contribution is 5.13. The number of rotatable bonds is 4. The number of hydrogen-bond acceptors (Lipinski definition) is 2. The van der Waals surface area contributed by atoms with Crippen molar-refractivity contribution in [2.45, 2.75) is 18.8 Å². The van der Waals surface area contributed by atoms with Crippen molar-refractivity contribution in [3.63, 3.8) is 0 Å². The van der Waals surface area contributed by atoms with E-state index in [9.17, 15) is 0 Å². The average Bonchev–Trinajstić information content (AvgIpc) is 2.19. The Balaban J connectivity index is 1.80. The Morgan fingerprint density at radius 3 is 2.79 bits per heavy atom. The topological polar surface area (TPSA) is 21.3 Å². The summed E-state index contributed by atoms with van der Waals surface area (Å²) in [6.45, 7) is 5.37. The number of benzene rings is 1. The third kappa shape index (κ3) is 2.03.